The molecule has 0 fully saturated rings. The topological polar surface area (TPSA) is 58.6 Å². The Morgan fingerprint density at radius 2 is 1.90 bits per heavy atom. The molecule has 1 amide bonds. The molecule has 0 aliphatic heterocycles. The molecule has 0 aromatic heterocycles. The lowest BCUT2D eigenvalue weighted by atomic mass is 10.2. The van der Waals surface area contributed by atoms with Crippen molar-refractivity contribution in [2.24, 2.45) is 0 Å². The Morgan fingerprint density at radius 3 is 2.62 bits per heavy atom. The Hall–Kier alpha value is -2.47. The molecule has 0 heterocycles. The van der Waals surface area contributed by atoms with E-state index in [0.29, 0.717) is 5.69 Å². The van der Waals surface area contributed by atoms with Crippen molar-refractivity contribution in [3.05, 3.63) is 59.7 Å². The fraction of sp³-hybridized carbons (Fsp3) is 0.133. The molecule has 2 N–H and O–H groups in total. The zero-order chi connectivity index (χ0) is 15.2. The molecule has 0 spiro atoms. The molecule has 0 saturated heterocycles. The minimum Gasteiger partial charge on any atom is -0.483 e. The van der Waals surface area contributed by atoms with Crippen LogP contribution in [0.3, 0.4) is 0 Å². The summed E-state index contributed by atoms with van der Waals surface area (Å²) in [5.74, 6) is -1.24. The number of hydrogen-bond acceptors (Lipinski definition) is 3. The number of amides is 1. The van der Waals surface area contributed by atoms with Crippen molar-refractivity contribution in [3.63, 3.8) is 0 Å². The molecule has 2 aromatic carbocycles. The number of halogens is 2. The van der Waals surface area contributed by atoms with Crippen LogP contribution in [0.1, 0.15) is 5.56 Å². The molecule has 21 heavy (non-hydrogen) atoms. The van der Waals surface area contributed by atoms with E-state index in [1.54, 1.807) is 0 Å². The third-order valence-electron chi connectivity index (χ3n) is 2.66. The Kier molecular flexibility index (Phi) is 4.84. The van der Waals surface area contributed by atoms with Crippen LogP contribution in [0.4, 0.5) is 14.5 Å². The molecule has 2 aromatic rings. The van der Waals surface area contributed by atoms with Gasteiger partial charge in [-0.2, -0.15) is 0 Å². The average Bonchev–Trinajstić information content (AvgIpc) is 2.45. The van der Waals surface area contributed by atoms with Gasteiger partial charge < -0.3 is 15.2 Å². The number of aliphatic hydroxyl groups excluding tert-OH is 1. The fourth-order valence-electron chi connectivity index (χ4n) is 1.72. The number of benzene rings is 2. The third kappa shape index (κ3) is 4.25. The maximum atomic E-state index is 13.0. The van der Waals surface area contributed by atoms with Gasteiger partial charge in [-0.05, 0) is 36.4 Å². The van der Waals surface area contributed by atoms with E-state index < -0.39 is 24.1 Å². The smallest absolute Gasteiger partial charge is 0.262 e. The number of aliphatic hydroxyl groups is 1. The largest absolute Gasteiger partial charge is 0.483 e. The second kappa shape index (κ2) is 6.81. The van der Waals surface area contributed by atoms with E-state index in [2.05, 4.69) is 5.32 Å². The SMILES string of the molecule is O=C(COc1ccc(F)cc1CO)Nc1cccc(F)c1. The van der Waals surface area contributed by atoms with Crippen molar-refractivity contribution in [3.8, 4) is 5.75 Å². The summed E-state index contributed by atoms with van der Waals surface area (Å²) in [5.41, 5.74) is 0.554. The maximum Gasteiger partial charge on any atom is 0.262 e. The van der Waals surface area contributed by atoms with Gasteiger partial charge in [-0.3, -0.25) is 4.79 Å². The molecule has 0 unspecified atom stereocenters. The van der Waals surface area contributed by atoms with Gasteiger partial charge in [0.05, 0.1) is 6.61 Å². The third-order valence-corrected chi connectivity index (χ3v) is 2.66. The van der Waals surface area contributed by atoms with Crippen LogP contribution in [0.5, 0.6) is 5.75 Å². The second-order valence-corrected chi connectivity index (χ2v) is 4.26. The molecular formula is C15H13F2NO3. The van der Waals surface area contributed by atoms with Crippen molar-refractivity contribution in [2.45, 2.75) is 6.61 Å². The lowest BCUT2D eigenvalue weighted by Gasteiger charge is -2.10. The van der Waals surface area contributed by atoms with Gasteiger partial charge in [-0.25, -0.2) is 8.78 Å². The molecule has 2 rings (SSSR count). The number of hydrogen-bond donors (Lipinski definition) is 2. The van der Waals surface area contributed by atoms with E-state index in [-0.39, 0.29) is 17.9 Å². The standard InChI is InChI=1S/C15H13F2NO3/c16-11-2-1-3-13(7-11)18-15(20)9-21-14-5-4-12(17)6-10(14)8-19/h1-7,19H,8-9H2,(H,18,20). The van der Waals surface area contributed by atoms with Crippen molar-refractivity contribution in [1.82, 2.24) is 0 Å². The summed E-state index contributed by atoms with van der Waals surface area (Å²) < 4.78 is 31.2. The maximum absolute atomic E-state index is 13.0. The highest BCUT2D eigenvalue weighted by molar-refractivity contribution is 5.91. The highest BCUT2D eigenvalue weighted by Gasteiger charge is 2.08. The van der Waals surface area contributed by atoms with Crippen LogP contribution in [-0.2, 0) is 11.4 Å². The second-order valence-electron chi connectivity index (χ2n) is 4.26. The summed E-state index contributed by atoms with van der Waals surface area (Å²) in [7, 11) is 0. The van der Waals surface area contributed by atoms with Crippen LogP contribution in [-0.4, -0.2) is 17.6 Å². The molecule has 4 nitrogen and oxygen atoms in total. The molecular weight excluding hydrogens is 280 g/mol. The van der Waals surface area contributed by atoms with Crippen LogP contribution in [0, 0.1) is 11.6 Å². The first-order valence-corrected chi connectivity index (χ1v) is 6.16. The Balaban J connectivity index is 1.95. The molecule has 0 atom stereocenters. The molecule has 0 bridgehead atoms. The van der Waals surface area contributed by atoms with Crippen LogP contribution in [0.25, 0.3) is 0 Å². The first-order chi connectivity index (χ1) is 10.1. The van der Waals surface area contributed by atoms with E-state index >= 15 is 0 Å². The van der Waals surface area contributed by atoms with Gasteiger partial charge >= 0.3 is 0 Å². The van der Waals surface area contributed by atoms with Gasteiger partial charge in [0.25, 0.3) is 5.91 Å². The normalized spacial score (nSPS) is 10.2. The Morgan fingerprint density at radius 1 is 1.14 bits per heavy atom. The predicted molar refractivity (Wildman–Crippen MR) is 72.8 cm³/mol. The van der Waals surface area contributed by atoms with Crippen LogP contribution in [0.2, 0.25) is 0 Å². The Labute approximate surface area is 120 Å². The number of anilines is 1. The van der Waals surface area contributed by atoms with Crippen molar-refractivity contribution < 1.29 is 23.4 Å². The van der Waals surface area contributed by atoms with Gasteiger partial charge in [0, 0.05) is 11.3 Å². The summed E-state index contributed by atoms with van der Waals surface area (Å²) >= 11 is 0. The summed E-state index contributed by atoms with van der Waals surface area (Å²) in [4.78, 5) is 11.7. The van der Waals surface area contributed by atoms with Crippen molar-refractivity contribution in [1.29, 1.82) is 0 Å². The van der Waals surface area contributed by atoms with Crippen LogP contribution >= 0.6 is 0 Å². The van der Waals surface area contributed by atoms with Crippen LogP contribution in [0.15, 0.2) is 42.5 Å². The van der Waals surface area contributed by atoms with Gasteiger partial charge in [0.2, 0.25) is 0 Å². The molecule has 6 heteroatoms. The highest BCUT2D eigenvalue weighted by atomic mass is 19.1. The summed E-state index contributed by atoms with van der Waals surface area (Å²) in [6.45, 7) is -0.742. The fourth-order valence-corrected chi connectivity index (χ4v) is 1.72. The van der Waals surface area contributed by atoms with Gasteiger partial charge in [-0.1, -0.05) is 6.07 Å². The first kappa shape index (κ1) is 14.9. The summed E-state index contributed by atoms with van der Waals surface area (Å²) in [6.07, 6.45) is 0. The van der Waals surface area contributed by atoms with Crippen molar-refractivity contribution in [2.75, 3.05) is 11.9 Å². The lowest BCUT2D eigenvalue weighted by Crippen LogP contribution is -2.20. The number of ether oxygens (including phenoxy) is 1. The zero-order valence-electron chi connectivity index (χ0n) is 11.0. The van der Waals surface area contributed by atoms with Crippen LogP contribution < -0.4 is 10.1 Å². The van der Waals surface area contributed by atoms with E-state index in [1.807, 2.05) is 0 Å². The first-order valence-electron chi connectivity index (χ1n) is 6.16. The predicted octanol–water partition coefficient (Wildman–Crippen LogP) is 2.47. The number of nitrogens with one attached hydrogen (secondary N) is 1. The number of carbonyl (C=O) groups excluding carboxylic acids is 1. The highest BCUT2D eigenvalue weighted by Crippen LogP contribution is 2.19. The van der Waals surface area contributed by atoms with Gasteiger partial charge in [0.1, 0.15) is 17.4 Å². The minimum atomic E-state index is -0.504. The number of carbonyl (C=O) groups is 1. The molecule has 0 radical (unpaired) electrons. The van der Waals surface area contributed by atoms with E-state index in [9.17, 15) is 13.6 Å². The molecule has 0 aliphatic rings. The molecule has 0 aliphatic carbocycles. The Bertz CT molecular complexity index is 647. The number of rotatable bonds is 5. The van der Waals surface area contributed by atoms with Crippen molar-refractivity contribution >= 4 is 11.6 Å². The monoisotopic (exact) mass is 293 g/mol. The van der Waals surface area contributed by atoms with E-state index in [0.717, 1.165) is 6.07 Å². The minimum absolute atomic E-state index is 0.216. The average molecular weight is 293 g/mol. The van der Waals surface area contributed by atoms with Gasteiger partial charge in [-0.15, -0.1) is 0 Å². The lowest BCUT2D eigenvalue weighted by molar-refractivity contribution is -0.118. The zero-order valence-corrected chi connectivity index (χ0v) is 11.0. The summed E-state index contributed by atoms with van der Waals surface area (Å²) in [5, 5.41) is 11.5. The molecule has 0 saturated carbocycles. The summed E-state index contributed by atoms with van der Waals surface area (Å²) in [6, 6.07) is 9.07. The molecule has 110 valence electrons. The van der Waals surface area contributed by atoms with Gasteiger partial charge in [0.15, 0.2) is 6.61 Å². The van der Waals surface area contributed by atoms with E-state index in [1.165, 1.54) is 36.4 Å². The quantitative estimate of drug-likeness (QED) is 0.890. The van der Waals surface area contributed by atoms with E-state index in [4.69, 9.17) is 9.84 Å².